The van der Waals surface area contributed by atoms with E-state index < -0.39 is 0 Å². The normalized spacial score (nSPS) is 35.3. The molecule has 3 heteroatoms. The Kier molecular flexibility index (Phi) is 5.26. The summed E-state index contributed by atoms with van der Waals surface area (Å²) in [5.41, 5.74) is 0. The van der Waals surface area contributed by atoms with Crippen molar-refractivity contribution in [3.63, 3.8) is 0 Å². The third-order valence-corrected chi connectivity index (χ3v) is 3.90. The Morgan fingerprint density at radius 1 is 1.12 bits per heavy atom. The van der Waals surface area contributed by atoms with Crippen molar-refractivity contribution in [2.75, 3.05) is 13.2 Å². The van der Waals surface area contributed by atoms with E-state index in [4.69, 9.17) is 9.47 Å². The van der Waals surface area contributed by atoms with Gasteiger partial charge in [0.1, 0.15) is 0 Å². The van der Waals surface area contributed by atoms with Gasteiger partial charge in [-0.3, -0.25) is 0 Å². The summed E-state index contributed by atoms with van der Waals surface area (Å²) in [6, 6.07) is 0.756. The molecule has 2 fully saturated rings. The van der Waals surface area contributed by atoms with Crippen LogP contribution in [0.3, 0.4) is 0 Å². The van der Waals surface area contributed by atoms with E-state index in [0.717, 1.165) is 32.0 Å². The second-order valence-electron chi connectivity index (χ2n) is 5.66. The van der Waals surface area contributed by atoms with E-state index in [0.29, 0.717) is 18.3 Å². The SMILES string of the molecule is CC1CC(OCCNC2CCCC2)CC(C)O1. The molecule has 1 aliphatic carbocycles. The molecule has 2 atom stereocenters. The summed E-state index contributed by atoms with van der Waals surface area (Å²) in [6.45, 7) is 6.14. The van der Waals surface area contributed by atoms with Crippen LogP contribution < -0.4 is 5.32 Å². The quantitative estimate of drug-likeness (QED) is 0.750. The highest BCUT2D eigenvalue weighted by molar-refractivity contribution is 4.75. The smallest absolute Gasteiger partial charge is 0.0625 e. The van der Waals surface area contributed by atoms with E-state index in [1.54, 1.807) is 0 Å². The van der Waals surface area contributed by atoms with Gasteiger partial charge >= 0.3 is 0 Å². The van der Waals surface area contributed by atoms with Crippen molar-refractivity contribution in [1.29, 1.82) is 0 Å². The van der Waals surface area contributed by atoms with Gasteiger partial charge in [0.25, 0.3) is 0 Å². The lowest BCUT2D eigenvalue weighted by Gasteiger charge is -2.32. The Bertz CT molecular complexity index is 206. The first-order chi connectivity index (χ1) is 8.24. The van der Waals surface area contributed by atoms with E-state index in [1.165, 1.54) is 25.7 Å². The predicted molar refractivity (Wildman–Crippen MR) is 69.2 cm³/mol. The van der Waals surface area contributed by atoms with E-state index in [-0.39, 0.29) is 0 Å². The molecular weight excluding hydrogens is 214 g/mol. The molecule has 17 heavy (non-hydrogen) atoms. The predicted octanol–water partition coefficient (Wildman–Crippen LogP) is 2.49. The minimum absolute atomic E-state index is 0.353. The summed E-state index contributed by atoms with van der Waals surface area (Å²) in [5, 5.41) is 3.59. The maximum atomic E-state index is 5.94. The molecule has 0 aromatic rings. The van der Waals surface area contributed by atoms with E-state index in [2.05, 4.69) is 19.2 Å². The summed E-state index contributed by atoms with van der Waals surface area (Å²) >= 11 is 0. The molecule has 1 aliphatic heterocycles. The first-order valence-corrected chi connectivity index (χ1v) is 7.24. The molecule has 1 N–H and O–H groups in total. The molecule has 0 radical (unpaired) electrons. The Hall–Kier alpha value is -0.120. The van der Waals surface area contributed by atoms with Gasteiger partial charge in [-0.25, -0.2) is 0 Å². The summed E-state index contributed by atoms with van der Waals surface area (Å²) in [7, 11) is 0. The minimum atomic E-state index is 0.353. The fourth-order valence-corrected chi connectivity index (χ4v) is 3.10. The largest absolute Gasteiger partial charge is 0.377 e. The molecular formula is C14H27NO2. The molecule has 2 rings (SSSR count). The zero-order valence-electron chi connectivity index (χ0n) is 11.3. The van der Waals surface area contributed by atoms with Gasteiger partial charge in [-0.1, -0.05) is 12.8 Å². The van der Waals surface area contributed by atoms with Crippen molar-refractivity contribution < 1.29 is 9.47 Å². The van der Waals surface area contributed by atoms with Gasteiger partial charge < -0.3 is 14.8 Å². The lowest BCUT2D eigenvalue weighted by Crippen LogP contribution is -2.36. The van der Waals surface area contributed by atoms with Crippen LogP contribution in [0.4, 0.5) is 0 Å². The molecule has 1 saturated heterocycles. The Labute approximate surface area is 105 Å². The average molecular weight is 241 g/mol. The lowest BCUT2D eigenvalue weighted by molar-refractivity contribution is -0.101. The highest BCUT2D eigenvalue weighted by atomic mass is 16.5. The molecule has 1 saturated carbocycles. The van der Waals surface area contributed by atoms with Gasteiger partial charge in [0.05, 0.1) is 24.9 Å². The maximum absolute atomic E-state index is 5.94. The van der Waals surface area contributed by atoms with Crippen molar-refractivity contribution in [3.8, 4) is 0 Å². The van der Waals surface area contributed by atoms with Crippen molar-refractivity contribution >= 4 is 0 Å². The van der Waals surface area contributed by atoms with Crippen molar-refractivity contribution in [1.82, 2.24) is 5.32 Å². The Balaban J connectivity index is 1.54. The number of hydrogen-bond donors (Lipinski definition) is 1. The number of nitrogens with one attached hydrogen (secondary N) is 1. The maximum Gasteiger partial charge on any atom is 0.0625 e. The van der Waals surface area contributed by atoms with Gasteiger partial charge in [0.15, 0.2) is 0 Å². The van der Waals surface area contributed by atoms with E-state index in [9.17, 15) is 0 Å². The standard InChI is InChI=1S/C14H27NO2/c1-11-9-14(10-12(2)17-11)16-8-7-15-13-5-3-4-6-13/h11-15H,3-10H2,1-2H3. The van der Waals surface area contributed by atoms with E-state index >= 15 is 0 Å². The second-order valence-corrected chi connectivity index (χ2v) is 5.66. The summed E-state index contributed by atoms with van der Waals surface area (Å²) in [4.78, 5) is 0. The molecule has 2 aliphatic rings. The Morgan fingerprint density at radius 2 is 1.76 bits per heavy atom. The molecule has 0 spiro atoms. The van der Waals surface area contributed by atoms with Crippen LogP contribution in [-0.2, 0) is 9.47 Å². The first kappa shape index (κ1) is 13.3. The summed E-state index contributed by atoms with van der Waals surface area (Å²) in [5.74, 6) is 0. The highest BCUT2D eigenvalue weighted by Gasteiger charge is 2.24. The van der Waals surface area contributed by atoms with Crippen LogP contribution in [0.25, 0.3) is 0 Å². The first-order valence-electron chi connectivity index (χ1n) is 7.24. The molecule has 0 aromatic heterocycles. The molecule has 100 valence electrons. The molecule has 1 heterocycles. The number of hydrogen-bond acceptors (Lipinski definition) is 3. The average Bonchev–Trinajstić information content (AvgIpc) is 2.76. The molecule has 2 unspecified atom stereocenters. The second kappa shape index (κ2) is 6.72. The van der Waals surface area contributed by atoms with Gasteiger partial charge in [-0.2, -0.15) is 0 Å². The summed E-state index contributed by atoms with van der Waals surface area (Å²) in [6.07, 6.45) is 8.71. The fourth-order valence-electron chi connectivity index (χ4n) is 3.10. The lowest BCUT2D eigenvalue weighted by atomic mass is 10.0. The summed E-state index contributed by atoms with van der Waals surface area (Å²) < 4.78 is 11.6. The molecule has 0 aromatic carbocycles. The van der Waals surface area contributed by atoms with Gasteiger partial charge in [0, 0.05) is 12.6 Å². The molecule has 3 nitrogen and oxygen atoms in total. The Morgan fingerprint density at radius 3 is 2.41 bits per heavy atom. The monoisotopic (exact) mass is 241 g/mol. The van der Waals surface area contributed by atoms with Crippen LogP contribution >= 0.6 is 0 Å². The topological polar surface area (TPSA) is 30.5 Å². The number of rotatable bonds is 5. The third-order valence-electron chi connectivity index (χ3n) is 3.90. The van der Waals surface area contributed by atoms with Crippen LogP contribution in [0.1, 0.15) is 52.4 Å². The third kappa shape index (κ3) is 4.57. The fraction of sp³-hybridized carbons (Fsp3) is 1.00. The highest BCUT2D eigenvalue weighted by Crippen LogP contribution is 2.21. The van der Waals surface area contributed by atoms with Crippen LogP contribution in [0.5, 0.6) is 0 Å². The van der Waals surface area contributed by atoms with Crippen LogP contribution in [0.2, 0.25) is 0 Å². The van der Waals surface area contributed by atoms with Crippen LogP contribution in [-0.4, -0.2) is 37.5 Å². The van der Waals surface area contributed by atoms with Gasteiger partial charge in [0.2, 0.25) is 0 Å². The van der Waals surface area contributed by atoms with Crippen molar-refractivity contribution in [2.45, 2.75) is 76.7 Å². The van der Waals surface area contributed by atoms with Gasteiger partial charge in [-0.15, -0.1) is 0 Å². The van der Waals surface area contributed by atoms with Gasteiger partial charge in [-0.05, 0) is 39.5 Å². The minimum Gasteiger partial charge on any atom is -0.377 e. The molecule has 0 amide bonds. The number of ether oxygens (including phenoxy) is 2. The van der Waals surface area contributed by atoms with Crippen LogP contribution in [0.15, 0.2) is 0 Å². The van der Waals surface area contributed by atoms with Crippen molar-refractivity contribution in [3.05, 3.63) is 0 Å². The van der Waals surface area contributed by atoms with Crippen LogP contribution in [0, 0.1) is 0 Å². The van der Waals surface area contributed by atoms with Crippen molar-refractivity contribution in [2.24, 2.45) is 0 Å². The van der Waals surface area contributed by atoms with E-state index in [1.807, 2.05) is 0 Å². The zero-order valence-corrected chi connectivity index (χ0v) is 11.3. The zero-order chi connectivity index (χ0) is 12.1. The molecule has 0 bridgehead atoms.